The van der Waals surface area contributed by atoms with Crippen molar-refractivity contribution in [3.8, 4) is 11.8 Å². The molecule has 34 heavy (non-hydrogen) atoms. The molecule has 0 aromatic heterocycles. The van der Waals surface area contributed by atoms with Crippen LogP contribution in [0.1, 0.15) is 119 Å². The molecule has 0 saturated heterocycles. The lowest BCUT2D eigenvalue weighted by Crippen LogP contribution is -2.13. The zero-order chi connectivity index (χ0) is 23.6. The van der Waals surface area contributed by atoms with E-state index in [0.29, 0.717) is 5.92 Å². The highest BCUT2D eigenvalue weighted by Crippen LogP contribution is 2.38. The number of benzene rings is 2. The first kappa shape index (κ1) is 24.9. The van der Waals surface area contributed by atoms with Crippen molar-refractivity contribution in [3.63, 3.8) is 0 Å². The second kappa shape index (κ2) is 13.0. The largest absolute Gasteiger partial charge is 0.0730 e. The Balaban J connectivity index is 1.21. The summed E-state index contributed by atoms with van der Waals surface area (Å²) in [4.78, 5) is 0. The zero-order valence-corrected chi connectivity index (χ0v) is 21.6. The predicted molar refractivity (Wildman–Crippen MR) is 147 cm³/mol. The summed E-state index contributed by atoms with van der Waals surface area (Å²) in [5.74, 6) is 9.83. The summed E-state index contributed by atoms with van der Waals surface area (Å²) in [5, 5.41) is 0. The molecule has 0 amide bonds. The van der Waals surface area contributed by atoms with Gasteiger partial charge in [-0.3, -0.25) is 0 Å². The molecule has 0 spiro atoms. The number of hydrogen-bond donors (Lipinski definition) is 0. The third-order valence-electron chi connectivity index (χ3n) is 8.49. The van der Waals surface area contributed by atoms with Gasteiger partial charge >= 0.3 is 0 Å². The van der Waals surface area contributed by atoms with E-state index in [9.17, 15) is 0 Å². The van der Waals surface area contributed by atoms with Gasteiger partial charge < -0.3 is 0 Å². The molecular weight excluding hydrogens is 408 g/mol. The lowest BCUT2D eigenvalue weighted by atomic mass is 9.77. The molecule has 2 aliphatic rings. The van der Waals surface area contributed by atoms with E-state index in [1.165, 1.54) is 87.3 Å². The molecule has 0 aliphatic heterocycles. The van der Waals surface area contributed by atoms with Crippen molar-refractivity contribution in [3.05, 3.63) is 82.9 Å². The standard InChI is InChI=1S/C34H44/c1-3-5-8-28-13-21-33(22-14-28)34-25-17-30(18-26-34)10-7-6-9-29-15-23-32(24-16-29)31-19-11-27(4-2)12-20-31/h6,9,11-12,17-20,25-26,28-29,32-33H,3-5,8,13-16,21-24H2,1-2H3/b9-6+. The predicted octanol–water partition coefficient (Wildman–Crippen LogP) is 9.59. The quantitative estimate of drug-likeness (QED) is 0.367. The van der Waals surface area contributed by atoms with Crippen LogP contribution in [0.2, 0.25) is 0 Å². The highest BCUT2D eigenvalue weighted by molar-refractivity contribution is 5.39. The minimum atomic E-state index is 0.690. The van der Waals surface area contributed by atoms with Crippen molar-refractivity contribution in [2.45, 2.75) is 103 Å². The third-order valence-corrected chi connectivity index (χ3v) is 8.49. The molecule has 2 saturated carbocycles. The minimum Gasteiger partial charge on any atom is -0.0730 e. The molecule has 0 radical (unpaired) electrons. The van der Waals surface area contributed by atoms with E-state index in [4.69, 9.17) is 0 Å². The Bertz CT molecular complexity index is 934. The lowest BCUT2D eigenvalue weighted by molar-refractivity contribution is 0.304. The lowest BCUT2D eigenvalue weighted by Gasteiger charge is -2.28. The van der Waals surface area contributed by atoms with E-state index < -0.39 is 0 Å². The Kier molecular flexibility index (Phi) is 9.50. The van der Waals surface area contributed by atoms with Gasteiger partial charge in [0.05, 0.1) is 0 Å². The van der Waals surface area contributed by atoms with E-state index >= 15 is 0 Å². The molecule has 0 heterocycles. The first-order valence-electron chi connectivity index (χ1n) is 14.1. The topological polar surface area (TPSA) is 0 Å². The second-order valence-corrected chi connectivity index (χ2v) is 10.8. The van der Waals surface area contributed by atoms with Crippen molar-refractivity contribution >= 4 is 0 Å². The fraction of sp³-hybridized carbons (Fsp3) is 0.529. The van der Waals surface area contributed by atoms with Crippen LogP contribution in [0.5, 0.6) is 0 Å². The van der Waals surface area contributed by atoms with Crippen LogP contribution in [0, 0.1) is 23.7 Å². The first-order chi connectivity index (χ1) is 16.7. The van der Waals surface area contributed by atoms with E-state index in [0.717, 1.165) is 29.7 Å². The molecule has 0 heteroatoms. The van der Waals surface area contributed by atoms with Crippen molar-refractivity contribution in [2.24, 2.45) is 11.8 Å². The molecule has 0 atom stereocenters. The Hall–Kier alpha value is -2.26. The maximum absolute atomic E-state index is 3.35. The molecule has 4 rings (SSSR count). The molecule has 2 fully saturated rings. The molecule has 0 bridgehead atoms. The highest BCUT2D eigenvalue weighted by atomic mass is 14.3. The van der Waals surface area contributed by atoms with E-state index in [2.05, 4.69) is 86.4 Å². The summed E-state index contributed by atoms with van der Waals surface area (Å²) >= 11 is 0. The third kappa shape index (κ3) is 7.12. The number of unbranched alkanes of at least 4 members (excludes halogenated alkanes) is 1. The summed E-state index contributed by atoms with van der Waals surface area (Å²) in [6.45, 7) is 4.54. The molecule has 2 aromatic carbocycles. The average Bonchev–Trinajstić information content (AvgIpc) is 2.91. The van der Waals surface area contributed by atoms with Crippen LogP contribution < -0.4 is 0 Å². The van der Waals surface area contributed by atoms with Crippen LogP contribution in [0.15, 0.2) is 60.7 Å². The Morgan fingerprint density at radius 3 is 1.91 bits per heavy atom. The van der Waals surface area contributed by atoms with E-state index in [1.54, 1.807) is 0 Å². The maximum Gasteiger partial charge on any atom is 0.0249 e. The van der Waals surface area contributed by atoms with Gasteiger partial charge in [0.2, 0.25) is 0 Å². The molecule has 0 nitrogen and oxygen atoms in total. The Labute approximate surface area is 209 Å². The summed E-state index contributed by atoms with van der Waals surface area (Å²) < 4.78 is 0. The van der Waals surface area contributed by atoms with Crippen LogP contribution in [-0.4, -0.2) is 0 Å². The van der Waals surface area contributed by atoms with Gasteiger partial charge in [0.25, 0.3) is 0 Å². The van der Waals surface area contributed by atoms with Crippen LogP contribution in [0.4, 0.5) is 0 Å². The SMILES string of the molecule is CCCCC1CCC(c2ccc(C#C/C=C/C3CCC(c4ccc(CC)cc4)CC3)cc2)CC1. The molecule has 2 aromatic rings. The van der Waals surface area contributed by atoms with Gasteiger partial charge in [0, 0.05) is 5.56 Å². The number of aryl methyl sites for hydroxylation is 1. The van der Waals surface area contributed by atoms with E-state index in [-0.39, 0.29) is 0 Å². The van der Waals surface area contributed by atoms with Crippen molar-refractivity contribution in [2.75, 3.05) is 0 Å². The van der Waals surface area contributed by atoms with Crippen LogP contribution in [0.25, 0.3) is 0 Å². The molecule has 180 valence electrons. The van der Waals surface area contributed by atoms with Crippen molar-refractivity contribution in [1.29, 1.82) is 0 Å². The highest BCUT2D eigenvalue weighted by Gasteiger charge is 2.22. The first-order valence-corrected chi connectivity index (χ1v) is 14.1. The fourth-order valence-electron chi connectivity index (χ4n) is 6.10. The normalized spacial score (nSPS) is 25.1. The summed E-state index contributed by atoms with van der Waals surface area (Å²) in [6, 6.07) is 18.5. The van der Waals surface area contributed by atoms with Crippen LogP contribution in [0.3, 0.4) is 0 Å². The van der Waals surface area contributed by atoms with Gasteiger partial charge in [-0.15, -0.1) is 0 Å². The molecule has 2 aliphatic carbocycles. The van der Waals surface area contributed by atoms with Gasteiger partial charge in [-0.05, 0) is 116 Å². The van der Waals surface area contributed by atoms with Crippen LogP contribution in [-0.2, 0) is 6.42 Å². The number of allylic oxidation sites excluding steroid dienone is 2. The molecular formula is C34H44. The van der Waals surface area contributed by atoms with Gasteiger partial charge in [-0.1, -0.05) is 87.4 Å². The summed E-state index contributed by atoms with van der Waals surface area (Å²) in [7, 11) is 0. The van der Waals surface area contributed by atoms with Crippen LogP contribution >= 0.6 is 0 Å². The second-order valence-electron chi connectivity index (χ2n) is 10.8. The zero-order valence-electron chi connectivity index (χ0n) is 21.6. The minimum absolute atomic E-state index is 0.690. The average molecular weight is 453 g/mol. The Morgan fingerprint density at radius 1 is 0.735 bits per heavy atom. The van der Waals surface area contributed by atoms with Crippen molar-refractivity contribution in [1.82, 2.24) is 0 Å². The molecule has 0 unspecified atom stereocenters. The van der Waals surface area contributed by atoms with Gasteiger partial charge in [0.1, 0.15) is 0 Å². The number of hydrogen-bond acceptors (Lipinski definition) is 0. The van der Waals surface area contributed by atoms with E-state index in [1.807, 2.05) is 0 Å². The maximum atomic E-state index is 3.35. The summed E-state index contributed by atoms with van der Waals surface area (Å²) in [5.41, 5.74) is 5.64. The summed E-state index contributed by atoms with van der Waals surface area (Å²) in [6.07, 6.45) is 20.5. The smallest absolute Gasteiger partial charge is 0.0249 e. The van der Waals surface area contributed by atoms with Gasteiger partial charge in [-0.25, -0.2) is 0 Å². The fourth-order valence-corrected chi connectivity index (χ4v) is 6.10. The Morgan fingerprint density at radius 2 is 1.32 bits per heavy atom. The van der Waals surface area contributed by atoms with Crippen molar-refractivity contribution < 1.29 is 0 Å². The number of rotatable bonds is 7. The van der Waals surface area contributed by atoms with Gasteiger partial charge in [-0.2, -0.15) is 0 Å². The molecule has 0 N–H and O–H groups in total. The van der Waals surface area contributed by atoms with Gasteiger partial charge in [0.15, 0.2) is 0 Å². The monoisotopic (exact) mass is 452 g/mol.